The number of hydrogen-bond acceptors (Lipinski definition) is 6. The van der Waals surface area contributed by atoms with Crippen LogP contribution in [0.2, 0.25) is 0 Å². The van der Waals surface area contributed by atoms with Gasteiger partial charge in [0, 0.05) is 21.6 Å². The van der Waals surface area contributed by atoms with Crippen molar-refractivity contribution in [3.8, 4) is 0 Å². The van der Waals surface area contributed by atoms with Gasteiger partial charge in [0.05, 0.1) is 11.1 Å². The number of thioether (sulfide) groups is 1. The first kappa shape index (κ1) is 20.5. The summed E-state index contributed by atoms with van der Waals surface area (Å²) in [6.07, 6.45) is 0.947. The maximum absolute atomic E-state index is 13.1. The predicted molar refractivity (Wildman–Crippen MR) is 106 cm³/mol. The summed E-state index contributed by atoms with van der Waals surface area (Å²) in [5.41, 5.74) is 6.41. The fraction of sp³-hybridized carbons (Fsp3) is 0.500. The predicted octanol–water partition coefficient (Wildman–Crippen LogP) is 2.09. The lowest BCUT2D eigenvalue weighted by molar-refractivity contribution is -0.136. The molecule has 8 heteroatoms. The van der Waals surface area contributed by atoms with Crippen LogP contribution in [0.25, 0.3) is 0 Å². The summed E-state index contributed by atoms with van der Waals surface area (Å²) in [5, 5.41) is 2.21. The van der Waals surface area contributed by atoms with E-state index in [0.29, 0.717) is 22.4 Å². The number of imide groups is 2. The van der Waals surface area contributed by atoms with Gasteiger partial charge in [-0.15, -0.1) is 11.8 Å². The molecule has 3 N–H and O–H groups in total. The van der Waals surface area contributed by atoms with E-state index < -0.39 is 23.8 Å². The standard InChI is InChI=1S/C20H25N3O4S/c1-19(2,21)10-20(3,4)28-13-7-5-6-11-15(13)18(27)23(17(11)26)12-8-9-14(24)22-16(12)25/h5-7,12H,8-10,21H2,1-4H3,(H,22,24,25). The SMILES string of the molecule is CC(C)(N)CC(C)(C)Sc1cccc2c1C(=O)N(C1CCC(=O)NC1=O)C2=O. The maximum atomic E-state index is 13.1. The molecule has 1 aromatic carbocycles. The molecule has 0 aromatic heterocycles. The number of hydrogen-bond donors (Lipinski definition) is 2. The lowest BCUT2D eigenvalue weighted by Gasteiger charge is -2.32. The minimum absolute atomic E-state index is 0.101. The average Bonchev–Trinajstić information content (AvgIpc) is 2.78. The lowest BCUT2D eigenvalue weighted by atomic mass is 9.93. The Hall–Kier alpha value is -2.19. The van der Waals surface area contributed by atoms with E-state index in [1.807, 2.05) is 33.8 Å². The highest BCUT2D eigenvalue weighted by atomic mass is 32.2. The fourth-order valence-corrected chi connectivity index (χ4v) is 5.49. The number of carbonyl (C=O) groups is 4. The largest absolute Gasteiger partial charge is 0.326 e. The number of carbonyl (C=O) groups excluding carboxylic acids is 4. The number of rotatable bonds is 5. The molecule has 28 heavy (non-hydrogen) atoms. The van der Waals surface area contributed by atoms with Crippen molar-refractivity contribution in [3.05, 3.63) is 29.3 Å². The van der Waals surface area contributed by atoms with Gasteiger partial charge in [-0.05, 0) is 38.8 Å². The summed E-state index contributed by atoms with van der Waals surface area (Å²) in [7, 11) is 0. The van der Waals surface area contributed by atoms with E-state index in [0.717, 1.165) is 4.90 Å². The van der Waals surface area contributed by atoms with Gasteiger partial charge in [-0.3, -0.25) is 29.4 Å². The quantitative estimate of drug-likeness (QED) is 0.575. The van der Waals surface area contributed by atoms with E-state index in [1.54, 1.807) is 12.1 Å². The van der Waals surface area contributed by atoms with Crippen LogP contribution in [-0.4, -0.2) is 44.9 Å². The van der Waals surface area contributed by atoms with Crippen molar-refractivity contribution in [1.29, 1.82) is 0 Å². The molecule has 4 amide bonds. The topological polar surface area (TPSA) is 110 Å². The minimum atomic E-state index is -0.959. The number of nitrogens with one attached hydrogen (secondary N) is 1. The molecule has 0 radical (unpaired) electrons. The van der Waals surface area contributed by atoms with Crippen molar-refractivity contribution < 1.29 is 19.2 Å². The number of nitrogens with zero attached hydrogens (tertiary/aromatic N) is 1. The minimum Gasteiger partial charge on any atom is -0.326 e. The molecule has 2 aliphatic heterocycles. The maximum Gasteiger partial charge on any atom is 0.263 e. The Morgan fingerprint density at radius 2 is 1.82 bits per heavy atom. The van der Waals surface area contributed by atoms with Crippen molar-refractivity contribution in [3.63, 3.8) is 0 Å². The summed E-state index contributed by atoms with van der Waals surface area (Å²) in [6, 6.07) is 4.20. The zero-order chi connectivity index (χ0) is 20.9. The number of nitrogens with two attached hydrogens (primary N) is 1. The second-order valence-corrected chi connectivity index (χ2v) is 10.4. The monoisotopic (exact) mass is 403 g/mol. The van der Waals surface area contributed by atoms with Crippen LogP contribution in [0.5, 0.6) is 0 Å². The normalized spacial score (nSPS) is 20.5. The third-order valence-electron chi connectivity index (χ3n) is 4.70. The molecule has 2 aliphatic rings. The third kappa shape index (κ3) is 3.98. The molecule has 0 spiro atoms. The number of amides is 4. The molecular weight excluding hydrogens is 378 g/mol. The van der Waals surface area contributed by atoms with Gasteiger partial charge in [-0.2, -0.15) is 0 Å². The molecule has 1 aromatic rings. The van der Waals surface area contributed by atoms with Crippen molar-refractivity contribution in [1.82, 2.24) is 10.2 Å². The van der Waals surface area contributed by atoms with Gasteiger partial charge in [0.15, 0.2) is 0 Å². The zero-order valence-electron chi connectivity index (χ0n) is 16.5. The summed E-state index contributed by atoms with van der Waals surface area (Å²) in [5.74, 6) is -1.97. The van der Waals surface area contributed by atoms with Crippen LogP contribution < -0.4 is 11.1 Å². The third-order valence-corrected chi connectivity index (χ3v) is 5.95. The molecule has 0 bridgehead atoms. The van der Waals surface area contributed by atoms with Crippen LogP contribution in [0.3, 0.4) is 0 Å². The van der Waals surface area contributed by atoms with Crippen LogP contribution in [0, 0.1) is 0 Å². The van der Waals surface area contributed by atoms with E-state index in [4.69, 9.17) is 5.73 Å². The van der Waals surface area contributed by atoms with Crippen LogP contribution in [-0.2, 0) is 9.59 Å². The second-order valence-electron chi connectivity index (χ2n) is 8.65. The molecule has 150 valence electrons. The summed E-state index contributed by atoms with van der Waals surface area (Å²) >= 11 is 1.50. The highest BCUT2D eigenvalue weighted by molar-refractivity contribution is 8.00. The van der Waals surface area contributed by atoms with Gasteiger partial charge in [0.2, 0.25) is 11.8 Å². The average molecular weight is 404 g/mol. The van der Waals surface area contributed by atoms with Crippen LogP contribution in [0.1, 0.15) is 67.7 Å². The van der Waals surface area contributed by atoms with Gasteiger partial charge in [-0.25, -0.2) is 0 Å². The summed E-state index contributed by atoms with van der Waals surface area (Å²) in [4.78, 5) is 51.3. The molecule has 1 unspecified atom stereocenters. The molecular formula is C20H25N3O4S. The molecule has 1 atom stereocenters. The van der Waals surface area contributed by atoms with Crippen molar-refractivity contribution in [2.24, 2.45) is 5.73 Å². The molecule has 2 heterocycles. The Morgan fingerprint density at radius 3 is 2.43 bits per heavy atom. The van der Waals surface area contributed by atoms with Crippen molar-refractivity contribution in [2.45, 2.75) is 68.2 Å². The van der Waals surface area contributed by atoms with Crippen molar-refractivity contribution >= 4 is 35.4 Å². The first-order valence-corrected chi connectivity index (χ1v) is 10.0. The van der Waals surface area contributed by atoms with Gasteiger partial charge in [0.25, 0.3) is 11.8 Å². The van der Waals surface area contributed by atoms with E-state index in [9.17, 15) is 19.2 Å². The van der Waals surface area contributed by atoms with Gasteiger partial charge in [0.1, 0.15) is 6.04 Å². The molecule has 1 saturated heterocycles. The number of piperidine rings is 1. The van der Waals surface area contributed by atoms with E-state index in [2.05, 4.69) is 5.32 Å². The Bertz CT molecular complexity index is 873. The molecule has 7 nitrogen and oxygen atoms in total. The van der Waals surface area contributed by atoms with Crippen LogP contribution >= 0.6 is 11.8 Å². The summed E-state index contributed by atoms with van der Waals surface area (Å²) in [6.45, 7) is 7.99. The smallest absolute Gasteiger partial charge is 0.263 e. The first-order chi connectivity index (χ1) is 12.9. The Morgan fingerprint density at radius 1 is 1.14 bits per heavy atom. The lowest BCUT2D eigenvalue weighted by Crippen LogP contribution is -2.54. The second kappa shape index (κ2) is 7.00. The van der Waals surface area contributed by atoms with Gasteiger partial charge < -0.3 is 5.73 Å². The van der Waals surface area contributed by atoms with Gasteiger partial charge in [-0.1, -0.05) is 19.9 Å². The Balaban J connectivity index is 1.92. The highest BCUT2D eigenvalue weighted by Gasteiger charge is 2.46. The van der Waals surface area contributed by atoms with Gasteiger partial charge >= 0.3 is 0 Å². The van der Waals surface area contributed by atoms with Crippen molar-refractivity contribution in [2.75, 3.05) is 0 Å². The van der Waals surface area contributed by atoms with E-state index in [1.165, 1.54) is 11.8 Å². The van der Waals surface area contributed by atoms with Crippen LogP contribution in [0.4, 0.5) is 0 Å². The number of benzene rings is 1. The highest BCUT2D eigenvalue weighted by Crippen LogP contribution is 2.42. The van der Waals surface area contributed by atoms with E-state index in [-0.39, 0.29) is 29.0 Å². The Labute approximate surface area is 168 Å². The zero-order valence-corrected chi connectivity index (χ0v) is 17.3. The Kier molecular flexibility index (Phi) is 5.14. The molecule has 0 aliphatic carbocycles. The number of fused-ring (bicyclic) bond motifs is 1. The van der Waals surface area contributed by atoms with E-state index >= 15 is 0 Å². The fourth-order valence-electron chi connectivity index (χ4n) is 4.00. The molecule has 1 fully saturated rings. The summed E-state index contributed by atoms with van der Waals surface area (Å²) < 4.78 is -0.265. The first-order valence-electron chi connectivity index (χ1n) is 9.22. The van der Waals surface area contributed by atoms with Crippen LogP contribution in [0.15, 0.2) is 23.1 Å². The molecule has 0 saturated carbocycles. The molecule has 3 rings (SSSR count).